The highest BCUT2D eigenvalue weighted by atomic mass is 16.6. The van der Waals surface area contributed by atoms with Crippen molar-refractivity contribution in [2.24, 2.45) is 0 Å². The zero-order valence-electron chi connectivity index (χ0n) is 17.0. The van der Waals surface area contributed by atoms with Gasteiger partial charge in [0.15, 0.2) is 0 Å². The number of nitrogens with zero attached hydrogens (tertiary/aromatic N) is 1. The smallest absolute Gasteiger partial charge is 0.410 e. The first kappa shape index (κ1) is 21.5. The second kappa shape index (κ2) is 11.8. The molecule has 1 aromatic rings. The zero-order chi connectivity index (χ0) is 19.5. The fourth-order valence-corrected chi connectivity index (χ4v) is 3.97. The number of likely N-dealkylation sites (tertiary alicyclic amines) is 1. The van der Waals surface area contributed by atoms with Crippen LogP contribution in [0, 0.1) is 0 Å². The van der Waals surface area contributed by atoms with Crippen molar-refractivity contribution in [3.8, 4) is 0 Å². The Morgan fingerprint density at radius 3 is 2.33 bits per heavy atom. The molecule has 0 radical (unpaired) electrons. The Bertz CT molecular complexity index is 572. The topological polar surface area (TPSA) is 46.6 Å². The minimum Gasteiger partial charge on any atom is -0.445 e. The number of rotatable bonds is 11. The summed E-state index contributed by atoms with van der Waals surface area (Å²) >= 11 is 0. The lowest BCUT2D eigenvalue weighted by Crippen LogP contribution is -2.41. The van der Waals surface area contributed by atoms with Crippen LogP contribution in [0.25, 0.3) is 0 Å². The van der Waals surface area contributed by atoms with Crippen molar-refractivity contribution in [1.29, 1.82) is 0 Å². The summed E-state index contributed by atoms with van der Waals surface area (Å²) in [5.74, 6) is 0.190. The Kier molecular flexibility index (Phi) is 9.37. The summed E-state index contributed by atoms with van der Waals surface area (Å²) in [6, 6.07) is 10.2. The van der Waals surface area contributed by atoms with Crippen LogP contribution in [-0.4, -0.2) is 28.9 Å². The fraction of sp³-hybridized carbons (Fsp3) is 0.652. The lowest BCUT2D eigenvalue weighted by Gasteiger charge is -2.29. The number of hydrogen-bond donors (Lipinski definition) is 0. The van der Waals surface area contributed by atoms with Crippen molar-refractivity contribution in [2.75, 3.05) is 0 Å². The van der Waals surface area contributed by atoms with Crippen LogP contribution < -0.4 is 0 Å². The third-order valence-corrected chi connectivity index (χ3v) is 5.51. The lowest BCUT2D eigenvalue weighted by molar-refractivity contribution is -0.117. The molecule has 150 valence electrons. The molecule has 0 aromatic heterocycles. The Morgan fingerprint density at radius 1 is 1.00 bits per heavy atom. The van der Waals surface area contributed by atoms with Gasteiger partial charge in [-0.1, -0.05) is 69.4 Å². The first-order valence-corrected chi connectivity index (χ1v) is 10.6. The molecule has 0 aliphatic carbocycles. The summed E-state index contributed by atoms with van der Waals surface area (Å²) in [7, 11) is 0. The monoisotopic (exact) mass is 373 g/mol. The highest BCUT2D eigenvalue weighted by Gasteiger charge is 2.37. The van der Waals surface area contributed by atoms with Crippen molar-refractivity contribution in [3.63, 3.8) is 0 Å². The van der Waals surface area contributed by atoms with E-state index in [0.29, 0.717) is 13.0 Å². The van der Waals surface area contributed by atoms with Gasteiger partial charge in [-0.25, -0.2) is 4.79 Å². The SMILES string of the molecule is CCCCCCC[C@@H]1CC[C@@H](CCC(C)=O)N1C(=O)OCc1ccccc1. The summed E-state index contributed by atoms with van der Waals surface area (Å²) in [6.07, 6.45) is 10.3. The Hall–Kier alpha value is -1.84. The first-order valence-electron chi connectivity index (χ1n) is 10.6. The van der Waals surface area contributed by atoms with Gasteiger partial charge in [-0.3, -0.25) is 0 Å². The quantitative estimate of drug-likeness (QED) is 0.455. The number of carbonyl (C=O) groups is 2. The predicted molar refractivity (Wildman–Crippen MR) is 109 cm³/mol. The van der Waals surface area contributed by atoms with Crippen molar-refractivity contribution in [2.45, 2.75) is 96.7 Å². The average molecular weight is 374 g/mol. The normalized spacial score (nSPS) is 19.3. The molecular formula is C23H35NO3. The molecule has 27 heavy (non-hydrogen) atoms. The molecule has 1 aliphatic rings. The molecule has 0 spiro atoms. The maximum absolute atomic E-state index is 12.8. The first-order chi connectivity index (χ1) is 13.1. The molecule has 1 aromatic carbocycles. The maximum atomic E-state index is 12.8. The Labute approximate surface area is 164 Å². The molecule has 1 amide bonds. The molecular weight excluding hydrogens is 338 g/mol. The van der Waals surface area contributed by atoms with E-state index in [4.69, 9.17) is 4.74 Å². The minimum atomic E-state index is -0.219. The predicted octanol–water partition coefficient (Wildman–Crippen LogP) is 5.89. The number of Topliss-reactive ketones (excluding diaryl/α,β-unsaturated/α-hetero) is 1. The summed E-state index contributed by atoms with van der Waals surface area (Å²) in [4.78, 5) is 26.2. The summed E-state index contributed by atoms with van der Waals surface area (Å²) < 4.78 is 5.63. The Balaban J connectivity index is 1.91. The van der Waals surface area contributed by atoms with Crippen molar-refractivity contribution in [1.82, 2.24) is 4.90 Å². The second-order valence-electron chi connectivity index (χ2n) is 7.78. The summed E-state index contributed by atoms with van der Waals surface area (Å²) in [6.45, 7) is 4.15. The highest BCUT2D eigenvalue weighted by molar-refractivity contribution is 5.75. The number of ether oxygens (including phenoxy) is 1. The van der Waals surface area contributed by atoms with Crippen LogP contribution in [0.1, 0.15) is 83.6 Å². The van der Waals surface area contributed by atoms with E-state index in [1.807, 2.05) is 35.2 Å². The van der Waals surface area contributed by atoms with Gasteiger partial charge in [0.1, 0.15) is 12.4 Å². The van der Waals surface area contributed by atoms with Crippen molar-refractivity contribution in [3.05, 3.63) is 35.9 Å². The third-order valence-electron chi connectivity index (χ3n) is 5.51. The van der Waals surface area contributed by atoms with Crippen LogP contribution >= 0.6 is 0 Å². The molecule has 1 heterocycles. The van der Waals surface area contributed by atoms with Gasteiger partial charge >= 0.3 is 6.09 Å². The van der Waals surface area contributed by atoms with E-state index in [1.165, 1.54) is 25.7 Å². The van der Waals surface area contributed by atoms with Crippen LogP contribution in [0.2, 0.25) is 0 Å². The third kappa shape index (κ3) is 7.36. The van der Waals surface area contributed by atoms with Crippen LogP contribution in [0.4, 0.5) is 4.79 Å². The van der Waals surface area contributed by atoms with Gasteiger partial charge in [-0.2, -0.15) is 0 Å². The molecule has 0 unspecified atom stereocenters. The van der Waals surface area contributed by atoms with E-state index in [9.17, 15) is 9.59 Å². The van der Waals surface area contributed by atoms with Gasteiger partial charge in [0.25, 0.3) is 0 Å². The van der Waals surface area contributed by atoms with Crippen LogP contribution in [-0.2, 0) is 16.1 Å². The van der Waals surface area contributed by atoms with Gasteiger partial charge in [0.2, 0.25) is 0 Å². The minimum absolute atomic E-state index is 0.137. The lowest BCUT2D eigenvalue weighted by atomic mass is 10.0. The maximum Gasteiger partial charge on any atom is 0.410 e. The molecule has 1 aliphatic heterocycles. The van der Waals surface area contributed by atoms with Crippen LogP contribution in [0.3, 0.4) is 0 Å². The van der Waals surface area contributed by atoms with E-state index in [-0.39, 0.29) is 24.0 Å². The molecule has 1 saturated heterocycles. The standard InChI is InChI=1S/C23H35NO3/c1-3-4-5-6-10-13-21-16-17-22(15-14-19(2)25)24(21)23(26)27-18-20-11-8-7-9-12-20/h7-9,11-12,21-22H,3-6,10,13-18H2,1-2H3/t21-,22-/m1/s1. The molecule has 0 saturated carbocycles. The average Bonchev–Trinajstić information content (AvgIpc) is 3.08. The number of carbonyl (C=O) groups excluding carboxylic acids is 2. The highest BCUT2D eigenvalue weighted by Crippen LogP contribution is 2.31. The molecule has 4 nitrogen and oxygen atoms in total. The summed E-state index contributed by atoms with van der Waals surface area (Å²) in [5, 5.41) is 0. The number of hydrogen-bond acceptors (Lipinski definition) is 3. The van der Waals surface area contributed by atoms with E-state index in [0.717, 1.165) is 37.7 Å². The molecule has 0 bridgehead atoms. The van der Waals surface area contributed by atoms with E-state index < -0.39 is 0 Å². The van der Waals surface area contributed by atoms with Crippen LogP contribution in [0.5, 0.6) is 0 Å². The number of unbranched alkanes of at least 4 members (excludes halogenated alkanes) is 4. The van der Waals surface area contributed by atoms with E-state index in [1.54, 1.807) is 6.92 Å². The van der Waals surface area contributed by atoms with E-state index in [2.05, 4.69) is 6.92 Å². The van der Waals surface area contributed by atoms with Gasteiger partial charge in [0.05, 0.1) is 0 Å². The zero-order valence-corrected chi connectivity index (χ0v) is 17.0. The number of amides is 1. The second-order valence-corrected chi connectivity index (χ2v) is 7.78. The van der Waals surface area contributed by atoms with Gasteiger partial charge in [-0.05, 0) is 38.2 Å². The molecule has 2 atom stereocenters. The molecule has 2 rings (SSSR count). The summed E-state index contributed by atoms with van der Waals surface area (Å²) in [5.41, 5.74) is 1.00. The Morgan fingerprint density at radius 2 is 1.67 bits per heavy atom. The van der Waals surface area contributed by atoms with Gasteiger partial charge < -0.3 is 14.4 Å². The van der Waals surface area contributed by atoms with Gasteiger partial charge in [-0.15, -0.1) is 0 Å². The van der Waals surface area contributed by atoms with Gasteiger partial charge in [0, 0.05) is 18.5 Å². The number of benzene rings is 1. The van der Waals surface area contributed by atoms with E-state index >= 15 is 0 Å². The van der Waals surface area contributed by atoms with Crippen LogP contribution in [0.15, 0.2) is 30.3 Å². The molecule has 0 N–H and O–H groups in total. The fourth-order valence-electron chi connectivity index (χ4n) is 3.97. The molecule has 4 heteroatoms. The van der Waals surface area contributed by atoms with Crippen molar-refractivity contribution >= 4 is 11.9 Å². The largest absolute Gasteiger partial charge is 0.445 e. The molecule has 1 fully saturated rings. The van der Waals surface area contributed by atoms with Crippen molar-refractivity contribution < 1.29 is 14.3 Å². The number of ketones is 1.